The zero-order valence-corrected chi connectivity index (χ0v) is 27.3. The van der Waals surface area contributed by atoms with E-state index in [9.17, 15) is 20.4 Å². The summed E-state index contributed by atoms with van der Waals surface area (Å²) in [5.74, 6) is 2.88. The van der Waals surface area contributed by atoms with Gasteiger partial charge in [0.05, 0.1) is 36.3 Å². The lowest BCUT2D eigenvalue weighted by Gasteiger charge is -2.49. The molecule has 10 nitrogen and oxygen atoms in total. The van der Waals surface area contributed by atoms with Crippen LogP contribution in [0.25, 0.3) is 0 Å². The Balaban J connectivity index is 1.04. The highest BCUT2D eigenvalue weighted by molar-refractivity contribution is 5.38. The first-order chi connectivity index (χ1) is 21.5. The maximum Gasteiger partial charge on any atom is 0.180 e. The molecule has 248 valence electrons. The van der Waals surface area contributed by atoms with Crippen LogP contribution in [0.3, 0.4) is 0 Å². The summed E-state index contributed by atoms with van der Waals surface area (Å²) in [5, 5.41) is 49.3. The van der Waals surface area contributed by atoms with E-state index >= 15 is 0 Å². The number of aromatic nitrogens is 3. The minimum absolute atomic E-state index is 0.167. The second kappa shape index (κ2) is 10.9. The quantitative estimate of drug-likeness (QED) is 0.373. The Hall–Kier alpha value is -1.66. The first-order valence-electron chi connectivity index (χ1n) is 17.6. The molecule has 45 heavy (non-hydrogen) atoms. The summed E-state index contributed by atoms with van der Waals surface area (Å²) < 4.78 is 14.5. The van der Waals surface area contributed by atoms with E-state index in [4.69, 9.17) is 9.47 Å². The molecule has 2 saturated carbocycles. The van der Waals surface area contributed by atoms with Crippen LogP contribution in [0.4, 0.5) is 0 Å². The van der Waals surface area contributed by atoms with Gasteiger partial charge in [-0.1, -0.05) is 43.2 Å². The van der Waals surface area contributed by atoms with Gasteiger partial charge in [0, 0.05) is 25.0 Å². The number of aliphatic hydroxyl groups is 4. The summed E-state index contributed by atoms with van der Waals surface area (Å²) in [6, 6.07) is 0.279. The van der Waals surface area contributed by atoms with Crippen LogP contribution in [-0.2, 0) is 16.0 Å². The Labute approximate surface area is 266 Å². The molecule has 1 aromatic rings. The molecule has 0 radical (unpaired) electrons. The first-order valence-corrected chi connectivity index (χ1v) is 17.6. The van der Waals surface area contributed by atoms with Crippen molar-refractivity contribution in [3.63, 3.8) is 0 Å². The van der Waals surface area contributed by atoms with Crippen molar-refractivity contribution < 1.29 is 29.9 Å². The molecule has 0 amide bonds. The lowest BCUT2D eigenvalue weighted by molar-refractivity contribution is -0.0658. The van der Waals surface area contributed by atoms with Crippen molar-refractivity contribution in [3.05, 3.63) is 34.7 Å². The van der Waals surface area contributed by atoms with E-state index in [-0.39, 0.29) is 35.9 Å². The van der Waals surface area contributed by atoms with Crippen molar-refractivity contribution in [1.29, 1.82) is 0 Å². The summed E-state index contributed by atoms with van der Waals surface area (Å²) in [7, 11) is 0. The number of piperidine rings is 1. The molecule has 1 spiro atoms. The van der Waals surface area contributed by atoms with Gasteiger partial charge in [-0.05, 0) is 93.0 Å². The third kappa shape index (κ3) is 4.53. The molecule has 1 aromatic heterocycles. The molecule has 10 heteroatoms. The Bertz CT molecular complexity index is 1380. The number of rotatable bonds is 4. The van der Waals surface area contributed by atoms with Crippen LogP contribution in [0.2, 0.25) is 0 Å². The summed E-state index contributed by atoms with van der Waals surface area (Å²) in [5.41, 5.74) is 5.50. The number of aliphatic hydroxyl groups excluding tert-OH is 4. The Kier molecular flexibility index (Phi) is 7.45. The van der Waals surface area contributed by atoms with E-state index < -0.39 is 24.5 Å². The highest BCUT2D eigenvalue weighted by Crippen LogP contribution is 2.65. The summed E-state index contributed by atoms with van der Waals surface area (Å²) in [6.45, 7) is 10.8. The second-order valence-electron chi connectivity index (χ2n) is 16.1. The molecule has 0 aromatic carbocycles. The van der Waals surface area contributed by atoms with Gasteiger partial charge in [0.2, 0.25) is 0 Å². The van der Waals surface area contributed by atoms with Crippen LogP contribution in [-0.4, -0.2) is 95.6 Å². The van der Waals surface area contributed by atoms with Gasteiger partial charge in [-0.3, -0.25) is 4.90 Å². The van der Waals surface area contributed by atoms with Crippen LogP contribution in [0.15, 0.2) is 29.0 Å². The zero-order chi connectivity index (χ0) is 31.4. The topological polar surface area (TPSA) is 133 Å². The fourth-order valence-electron chi connectivity index (χ4n) is 11.5. The third-order valence-electron chi connectivity index (χ3n) is 13.8. The molecule has 0 unspecified atom stereocenters. The predicted octanol–water partition coefficient (Wildman–Crippen LogP) is 3.12. The smallest absolute Gasteiger partial charge is 0.180 e. The number of hydrogen-bond donors (Lipinski definition) is 4. The number of nitrogens with zero attached hydrogens (tertiary/aromatic N) is 4. The van der Waals surface area contributed by atoms with Crippen LogP contribution >= 0.6 is 0 Å². The fourth-order valence-corrected chi connectivity index (χ4v) is 11.5. The van der Waals surface area contributed by atoms with E-state index in [1.165, 1.54) is 28.7 Å². The summed E-state index contributed by atoms with van der Waals surface area (Å²) in [6.07, 6.45) is 8.81. The van der Waals surface area contributed by atoms with Crippen LogP contribution in [0, 0.1) is 35.0 Å². The SMILES string of the molecule is CC1=C2C[C@H]3[C@@H](CC=C4C[C@@H](O)CC[C@@]43C)[C@@H]2CC[C@]12O[C@@H]1C[C@H](C)CN(Cc3cn([C@@H]4O[C@H](CO)[C@@H](O)[C@H]4O)nn3)[C@H]1[C@H]2C. The van der Waals surface area contributed by atoms with Crippen molar-refractivity contribution in [3.8, 4) is 0 Å². The molecule has 0 bridgehead atoms. The van der Waals surface area contributed by atoms with Crippen molar-refractivity contribution in [2.75, 3.05) is 13.2 Å². The summed E-state index contributed by atoms with van der Waals surface area (Å²) in [4.78, 5) is 2.55. The van der Waals surface area contributed by atoms with Crippen molar-refractivity contribution in [1.82, 2.24) is 19.9 Å². The largest absolute Gasteiger partial charge is 0.394 e. The van der Waals surface area contributed by atoms with Gasteiger partial charge >= 0.3 is 0 Å². The molecule has 3 aliphatic heterocycles. The monoisotopic (exact) mass is 624 g/mol. The second-order valence-corrected chi connectivity index (χ2v) is 16.1. The molecule has 8 rings (SSSR count). The van der Waals surface area contributed by atoms with Gasteiger partial charge in [0.1, 0.15) is 18.3 Å². The Morgan fingerprint density at radius 3 is 2.69 bits per heavy atom. The molecule has 5 fully saturated rings. The maximum atomic E-state index is 10.5. The van der Waals surface area contributed by atoms with Crippen molar-refractivity contribution in [2.45, 2.75) is 134 Å². The molecule has 3 saturated heterocycles. The Morgan fingerprint density at radius 1 is 1.09 bits per heavy atom. The predicted molar refractivity (Wildman–Crippen MR) is 165 cm³/mol. The number of allylic oxidation sites excluding steroid dienone is 2. The molecule has 4 N–H and O–H groups in total. The molecule has 4 heterocycles. The number of fused-ring (bicyclic) bond motifs is 6. The van der Waals surface area contributed by atoms with E-state index in [0.717, 1.165) is 50.8 Å². The van der Waals surface area contributed by atoms with Gasteiger partial charge < -0.3 is 29.9 Å². The molecular formula is C35H52N4O6. The highest BCUT2D eigenvalue weighted by atomic mass is 16.6. The number of hydrogen-bond acceptors (Lipinski definition) is 9. The fraction of sp³-hybridized carbons (Fsp3) is 0.829. The first kappa shape index (κ1) is 30.7. The Morgan fingerprint density at radius 2 is 1.91 bits per heavy atom. The molecule has 7 aliphatic rings. The van der Waals surface area contributed by atoms with E-state index in [1.54, 1.807) is 11.8 Å². The minimum Gasteiger partial charge on any atom is -0.394 e. The normalized spacial score (nSPS) is 49.6. The highest BCUT2D eigenvalue weighted by Gasteiger charge is 2.61. The molecule has 4 aliphatic carbocycles. The van der Waals surface area contributed by atoms with Crippen LogP contribution in [0.1, 0.15) is 91.0 Å². The van der Waals surface area contributed by atoms with E-state index in [0.29, 0.717) is 36.1 Å². The standard InChI is InChI=1S/C35H52N4O6/c1-18-11-28-30(38(14-18)15-22-16-39(37-36-22)33-32(43)31(42)29(17-40)44-33)20(3)35(45-28)10-8-24-25-6-5-21-12-23(41)7-9-34(21,4)27(25)13-26(24)19(35)2/h5,16,18,20,23-25,27-33,40-43H,6-15,17H2,1-4H3/t18-,20+,23-,24-,25-,27-,28+,29+,30-,31+,32+,33+,34-,35-/m0/s1. The van der Waals surface area contributed by atoms with Gasteiger partial charge in [0.25, 0.3) is 0 Å². The minimum atomic E-state index is -1.18. The van der Waals surface area contributed by atoms with Crippen molar-refractivity contribution in [2.24, 2.45) is 35.0 Å². The van der Waals surface area contributed by atoms with Crippen LogP contribution < -0.4 is 0 Å². The van der Waals surface area contributed by atoms with E-state index in [1.807, 2.05) is 0 Å². The van der Waals surface area contributed by atoms with Crippen LogP contribution in [0.5, 0.6) is 0 Å². The maximum absolute atomic E-state index is 10.5. The van der Waals surface area contributed by atoms with Gasteiger partial charge in [0.15, 0.2) is 6.23 Å². The summed E-state index contributed by atoms with van der Waals surface area (Å²) >= 11 is 0. The third-order valence-corrected chi connectivity index (χ3v) is 13.8. The lowest BCUT2D eigenvalue weighted by atomic mass is 9.56. The molecule has 14 atom stereocenters. The van der Waals surface area contributed by atoms with Crippen molar-refractivity contribution >= 4 is 0 Å². The number of likely N-dealkylation sites (tertiary alicyclic amines) is 1. The van der Waals surface area contributed by atoms with Gasteiger partial charge in [-0.15, -0.1) is 5.10 Å². The average molecular weight is 625 g/mol. The van der Waals surface area contributed by atoms with E-state index in [2.05, 4.69) is 49.0 Å². The average Bonchev–Trinajstić information content (AvgIpc) is 3.76. The van der Waals surface area contributed by atoms with Gasteiger partial charge in [-0.2, -0.15) is 0 Å². The number of ether oxygens (including phenoxy) is 2. The zero-order valence-electron chi connectivity index (χ0n) is 27.3. The van der Waals surface area contributed by atoms with Gasteiger partial charge in [-0.25, -0.2) is 4.68 Å². The molecular weight excluding hydrogens is 572 g/mol. The lowest BCUT2D eigenvalue weighted by Crippen LogP contribution is -2.51.